The van der Waals surface area contributed by atoms with Crippen LogP contribution in [0.25, 0.3) is 15.9 Å². The Morgan fingerprint density at radius 2 is 1.89 bits per heavy atom. The molecule has 0 radical (unpaired) electrons. The summed E-state index contributed by atoms with van der Waals surface area (Å²) in [5, 5.41) is 12.1. The van der Waals surface area contributed by atoms with Gasteiger partial charge < -0.3 is 5.32 Å². The first-order valence-corrected chi connectivity index (χ1v) is 9.55. The van der Waals surface area contributed by atoms with Crippen LogP contribution < -0.4 is 5.32 Å². The fourth-order valence-electron chi connectivity index (χ4n) is 2.86. The van der Waals surface area contributed by atoms with Gasteiger partial charge in [0, 0.05) is 13.0 Å². The summed E-state index contributed by atoms with van der Waals surface area (Å²) >= 11 is 1.66. The molecule has 1 N–H and O–H groups in total. The molecule has 1 amide bonds. The minimum Gasteiger partial charge on any atom is -0.350 e. The molecular formula is C20H19N5OS. The summed E-state index contributed by atoms with van der Waals surface area (Å²) in [6.45, 7) is 4.39. The maximum atomic E-state index is 12.5. The van der Waals surface area contributed by atoms with Crippen molar-refractivity contribution in [1.29, 1.82) is 0 Å². The zero-order chi connectivity index (χ0) is 18.8. The van der Waals surface area contributed by atoms with Crippen LogP contribution in [-0.2, 0) is 6.42 Å². The Bertz CT molecular complexity index is 1060. The molecule has 0 unspecified atom stereocenters. The second-order valence-corrected chi connectivity index (χ2v) is 7.47. The van der Waals surface area contributed by atoms with Crippen molar-refractivity contribution in [2.24, 2.45) is 0 Å². The maximum absolute atomic E-state index is 12.5. The first-order valence-electron chi connectivity index (χ1n) is 8.74. The van der Waals surface area contributed by atoms with Crippen LogP contribution in [0, 0.1) is 13.8 Å². The van der Waals surface area contributed by atoms with Gasteiger partial charge in [-0.3, -0.25) is 4.79 Å². The highest BCUT2D eigenvalue weighted by Gasteiger charge is 2.17. The molecule has 0 bridgehead atoms. The van der Waals surface area contributed by atoms with Gasteiger partial charge in [0.1, 0.15) is 0 Å². The number of rotatable bonds is 5. The van der Waals surface area contributed by atoms with Crippen LogP contribution >= 0.6 is 11.3 Å². The second kappa shape index (κ2) is 7.28. The number of aromatic nitrogens is 4. The van der Waals surface area contributed by atoms with Crippen LogP contribution in [-0.4, -0.2) is 32.4 Å². The molecular weight excluding hydrogens is 358 g/mol. The molecule has 4 aromatic rings. The molecule has 0 atom stereocenters. The van der Waals surface area contributed by atoms with Crippen molar-refractivity contribution in [1.82, 2.24) is 25.3 Å². The third-order valence-corrected chi connectivity index (χ3v) is 5.45. The molecule has 0 saturated heterocycles. The number of aryl methyl sites for hydroxylation is 1. The molecule has 0 saturated carbocycles. The Morgan fingerprint density at radius 1 is 1.11 bits per heavy atom. The standard InChI is InChI=1S/C20H19N5OS/c1-13-7-9-15(10-8-13)25-14(2)19(23-24-25)20(26)21-12-11-18-22-16-5-3-4-6-17(16)27-18/h3-10H,11-12H2,1-2H3,(H,21,26). The smallest absolute Gasteiger partial charge is 0.273 e. The molecule has 136 valence electrons. The fraction of sp³-hybridized carbons (Fsp3) is 0.200. The molecule has 7 heteroatoms. The average molecular weight is 377 g/mol. The predicted molar refractivity (Wildman–Crippen MR) is 106 cm³/mol. The van der Waals surface area contributed by atoms with Crippen molar-refractivity contribution >= 4 is 27.5 Å². The van der Waals surface area contributed by atoms with Crippen LogP contribution in [0.5, 0.6) is 0 Å². The number of thiazole rings is 1. The van der Waals surface area contributed by atoms with E-state index < -0.39 is 0 Å². The van der Waals surface area contributed by atoms with E-state index in [1.165, 1.54) is 5.56 Å². The van der Waals surface area contributed by atoms with Crippen LogP contribution in [0.2, 0.25) is 0 Å². The topological polar surface area (TPSA) is 72.7 Å². The third-order valence-electron chi connectivity index (χ3n) is 4.35. The molecule has 2 aromatic heterocycles. The summed E-state index contributed by atoms with van der Waals surface area (Å²) in [6.07, 6.45) is 0.691. The molecule has 0 fully saturated rings. The highest BCUT2D eigenvalue weighted by atomic mass is 32.1. The Morgan fingerprint density at radius 3 is 2.67 bits per heavy atom. The number of carbonyl (C=O) groups excluding carboxylic acids is 1. The lowest BCUT2D eigenvalue weighted by atomic mass is 10.2. The molecule has 2 heterocycles. The number of nitrogens with zero attached hydrogens (tertiary/aromatic N) is 4. The largest absolute Gasteiger partial charge is 0.350 e. The Kier molecular flexibility index (Phi) is 4.68. The average Bonchev–Trinajstić information content (AvgIpc) is 3.25. The van der Waals surface area contributed by atoms with Crippen LogP contribution in [0.3, 0.4) is 0 Å². The molecule has 27 heavy (non-hydrogen) atoms. The Labute approximate surface area is 160 Å². The van der Waals surface area contributed by atoms with E-state index in [1.54, 1.807) is 16.0 Å². The Hall–Kier alpha value is -3.06. The summed E-state index contributed by atoms with van der Waals surface area (Å²) in [5.74, 6) is -0.216. The van der Waals surface area contributed by atoms with E-state index >= 15 is 0 Å². The normalized spacial score (nSPS) is 11.0. The SMILES string of the molecule is Cc1ccc(-n2nnc(C(=O)NCCc3nc4ccccc4s3)c2C)cc1. The molecule has 0 spiro atoms. The van der Waals surface area contributed by atoms with Gasteiger partial charge in [-0.1, -0.05) is 35.0 Å². The van der Waals surface area contributed by atoms with Crippen molar-refractivity contribution < 1.29 is 4.79 Å². The lowest BCUT2D eigenvalue weighted by Gasteiger charge is -2.05. The summed E-state index contributed by atoms with van der Waals surface area (Å²) in [7, 11) is 0. The number of hydrogen-bond donors (Lipinski definition) is 1. The number of hydrogen-bond acceptors (Lipinski definition) is 5. The van der Waals surface area contributed by atoms with E-state index in [4.69, 9.17) is 0 Å². The molecule has 0 aliphatic carbocycles. The number of fused-ring (bicyclic) bond motifs is 1. The minimum absolute atomic E-state index is 0.216. The van der Waals surface area contributed by atoms with Crippen molar-refractivity contribution in [3.8, 4) is 5.69 Å². The van der Waals surface area contributed by atoms with E-state index in [-0.39, 0.29) is 5.91 Å². The van der Waals surface area contributed by atoms with Gasteiger partial charge in [0.15, 0.2) is 5.69 Å². The molecule has 0 aliphatic rings. The van der Waals surface area contributed by atoms with Crippen molar-refractivity contribution in [2.45, 2.75) is 20.3 Å². The van der Waals surface area contributed by atoms with Gasteiger partial charge >= 0.3 is 0 Å². The fourth-order valence-corrected chi connectivity index (χ4v) is 3.83. The summed E-state index contributed by atoms with van der Waals surface area (Å²) in [4.78, 5) is 17.1. The van der Waals surface area contributed by atoms with E-state index in [9.17, 15) is 4.79 Å². The first-order chi connectivity index (χ1) is 13.1. The van der Waals surface area contributed by atoms with Crippen LogP contribution in [0.15, 0.2) is 48.5 Å². The van der Waals surface area contributed by atoms with Gasteiger partial charge in [0.2, 0.25) is 0 Å². The lowest BCUT2D eigenvalue weighted by Crippen LogP contribution is -2.26. The number of carbonyl (C=O) groups is 1. The van der Waals surface area contributed by atoms with Gasteiger partial charge in [-0.15, -0.1) is 16.4 Å². The lowest BCUT2D eigenvalue weighted by molar-refractivity contribution is 0.0948. The van der Waals surface area contributed by atoms with E-state index in [2.05, 4.69) is 26.7 Å². The van der Waals surface area contributed by atoms with Gasteiger partial charge in [-0.2, -0.15) is 0 Å². The number of amides is 1. The molecule has 4 rings (SSSR count). The maximum Gasteiger partial charge on any atom is 0.273 e. The Balaban J connectivity index is 1.41. The van der Waals surface area contributed by atoms with Gasteiger partial charge in [-0.05, 0) is 38.1 Å². The van der Waals surface area contributed by atoms with Crippen LogP contribution in [0.4, 0.5) is 0 Å². The van der Waals surface area contributed by atoms with Crippen molar-refractivity contribution in [3.05, 3.63) is 70.5 Å². The zero-order valence-corrected chi connectivity index (χ0v) is 16.0. The molecule has 2 aromatic carbocycles. The predicted octanol–water partition coefficient (Wildman–Crippen LogP) is 3.47. The monoisotopic (exact) mass is 377 g/mol. The summed E-state index contributed by atoms with van der Waals surface area (Å²) in [5.41, 5.74) is 4.13. The van der Waals surface area contributed by atoms with E-state index in [0.29, 0.717) is 18.7 Å². The summed E-state index contributed by atoms with van der Waals surface area (Å²) in [6, 6.07) is 16.0. The van der Waals surface area contributed by atoms with Gasteiger partial charge in [0.25, 0.3) is 5.91 Å². The van der Waals surface area contributed by atoms with E-state index in [1.807, 2.05) is 56.3 Å². The first kappa shape index (κ1) is 17.4. The van der Waals surface area contributed by atoms with Crippen molar-refractivity contribution in [2.75, 3.05) is 6.54 Å². The summed E-state index contributed by atoms with van der Waals surface area (Å²) < 4.78 is 2.85. The zero-order valence-electron chi connectivity index (χ0n) is 15.1. The number of nitrogens with one attached hydrogen (secondary N) is 1. The molecule has 0 aliphatic heterocycles. The van der Waals surface area contributed by atoms with Gasteiger partial charge in [-0.25, -0.2) is 9.67 Å². The molecule has 6 nitrogen and oxygen atoms in total. The minimum atomic E-state index is -0.216. The van der Waals surface area contributed by atoms with Crippen LogP contribution in [0.1, 0.15) is 26.8 Å². The van der Waals surface area contributed by atoms with Gasteiger partial charge in [0.05, 0.1) is 26.6 Å². The quantitative estimate of drug-likeness (QED) is 0.578. The number of para-hydroxylation sites is 1. The van der Waals surface area contributed by atoms with E-state index in [0.717, 1.165) is 26.6 Å². The van der Waals surface area contributed by atoms with Crippen molar-refractivity contribution in [3.63, 3.8) is 0 Å². The highest BCUT2D eigenvalue weighted by molar-refractivity contribution is 7.18. The third kappa shape index (κ3) is 3.59. The second-order valence-electron chi connectivity index (χ2n) is 6.35. The highest BCUT2D eigenvalue weighted by Crippen LogP contribution is 2.21. The number of benzene rings is 2.